The molecule has 0 unspecified atom stereocenters. The van der Waals surface area contributed by atoms with Crippen LogP contribution in [0.4, 0.5) is 13.2 Å². The molecule has 0 bridgehead atoms. The van der Waals surface area contributed by atoms with Crippen molar-refractivity contribution in [1.29, 1.82) is 0 Å². The molecule has 1 fully saturated rings. The van der Waals surface area contributed by atoms with Crippen molar-refractivity contribution >= 4 is 17.7 Å². The molecule has 1 aliphatic rings. The van der Waals surface area contributed by atoms with Crippen molar-refractivity contribution < 1.29 is 37.8 Å². The van der Waals surface area contributed by atoms with E-state index in [-0.39, 0.29) is 11.7 Å². The van der Waals surface area contributed by atoms with Crippen LogP contribution in [0.2, 0.25) is 0 Å². The Balaban J connectivity index is 0.000000416. The van der Waals surface area contributed by atoms with E-state index in [0.717, 1.165) is 38.1 Å². The predicted octanol–water partition coefficient (Wildman–Crippen LogP) is 3.33. The SMILES string of the molecule is C[C@H](CN1CCCC1)C(=O)c1ccc(C(F)(F)F)cc1.O=C(O)/C=C/C(=O)O. The molecule has 1 atom stereocenters. The van der Waals surface area contributed by atoms with Crippen LogP contribution in [0.25, 0.3) is 0 Å². The van der Waals surface area contributed by atoms with Gasteiger partial charge in [0.05, 0.1) is 5.56 Å². The first-order valence-corrected chi connectivity index (χ1v) is 8.58. The Morgan fingerprint density at radius 2 is 1.50 bits per heavy atom. The van der Waals surface area contributed by atoms with Crippen molar-refractivity contribution in [3.8, 4) is 0 Å². The van der Waals surface area contributed by atoms with E-state index in [1.165, 1.54) is 12.1 Å². The number of carbonyl (C=O) groups is 3. The van der Waals surface area contributed by atoms with E-state index in [0.29, 0.717) is 24.3 Å². The van der Waals surface area contributed by atoms with E-state index in [1.54, 1.807) is 0 Å². The fraction of sp³-hybridized carbons (Fsp3) is 0.421. The lowest BCUT2D eigenvalue weighted by Crippen LogP contribution is -2.29. The van der Waals surface area contributed by atoms with Gasteiger partial charge >= 0.3 is 18.1 Å². The Morgan fingerprint density at radius 3 is 1.89 bits per heavy atom. The van der Waals surface area contributed by atoms with Crippen molar-refractivity contribution in [3.63, 3.8) is 0 Å². The van der Waals surface area contributed by atoms with Crippen molar-refractivity contribution in [2.24, 2.45) is 5.92 Å². The molecule has 0 aliphatic carbocycles. The van der Waals surface area contributed by atoms with E-state index in [2.05, 4.69) is 4.90 Å². The van der Waals surface area contributed by atoms with E-state index in [4.69, 9.17) is 10.2 Å². The number of ketones is 1. The van der Waals surface area contributed by atoms with Gasteiger partial charge in [0.15, 0.2) is 5.78 Å². The summed E-state index contributed by atoms with van der Waals surface area (Å²) in [6.45, 7) is 4.52. The van der Waals surface area contributed by atoms with E-state index >= 15 is 0 Å². The van der Waals surface area contributed by atoms with Crippen LogP contribution in [0.5, 0.6) is 0 Å². The second-order valence-electron chi connectivity index (χ2n) is 6.36. The van der Waals surface area contributed by atoms with Gasteiger partial charge in [-0.15, -0.1) is 0 Å². The number of hydrogen-bond donors (Lipinski definition) is 2. The van der Waals surface area contributed by atoms with E-state index in [1.807, 2.05) is 6.92 Å². The highest BCUT2D eigenvalue weighted by atomic mass is 19.4. The normalized spacial score (nSPS) is 15.7. The smallest absolute Gasteiger partial charge is 0.416 e. The molecule has 0 radical (unpaired) electrons. The van der Waals surface area contributed by atoms with Crippen molar-refractivity contribution in [1.82, 2.24) is 4.90 Å². The molecule has 0 saturated carbocycles. The van der Waals surface area contributed by atoms with Crippen LogP contribution in [0.3, 0.4) is 0 Å². The van der Waals surface area contributed by atoms with Gasteiger partial charge in [0, 0.05) is 30.2 Å². The summed E-state index contributed by atoms with van der Waals surface area (Å²) >= 11 is 0. The summed E-state index contributed by atoms with van der Waals surface area (Å²) in [4.78, 5) is 33.5. The number of nitrogens with zero attached hydrogens (tertiary/aromatic N) is 1. The molecule has 1 saturated heterocycles. The average molecular weight is 401 g/mol. The van der Waals surface area contributed by atoms with Crippen LogP contribution in [-0.2, 0) is 15.8 Å². The monoisotopic (exact) mass is 401 g/mol. The van der Waals surface area contributed by atoms with Gasteiger partial charge in [0.1, 0.15) is 0 Å². The van der Waals surface area contributed by atoms with Gasteiger partial charge in [0.2, 0.25) is 0 Å². The van der Waals surface area contributed by atoms with Crippen LogP contribution < -0.4 is 0 Å². The number of benzene rings is 1. The van der Waals surface area contributed by atoms with E-state index in [9.17, 15) is 27.6 Å². The summed E-state index contributed by atoms with van der Waals surface area (Å²) in [5, 5.41) is 15.6. The first kappa shape index (κ1) is 23.4. The molecular formula is C19H22F3NO5. The summed E-state index contributed by atoms with van der Waals surface area (Å²) in [6, 6.07) is 4.48. The largest absolute Gasteiger partial charge is 0.478 e. The quantitative estimate of drug-likeness (QED) is 0.561. The molecule has 1 aromatic carbocycles. The van der Waals surface area contributed by atoms with Gasteiger partial charge < -0.3 is 15.1 Å². The van der Waals surface area contributed by atoms with Crippen LogP contribution in [-0.4, -0.2) is 52.5 Å². The molecule has 154 valence electrons. The van der Waals surface area contributed by atoms with Gasteiger partial charge in [-0.2, -0.15) is 13.2 Å². The third kappa shape index (κ3) is 8.34. The van der Waals surface area contributed by atoms with Crippen LogP contribution in [0, 0.1) is 5.92 Å². The third-order valence-electron chi connectivity index (χ3n) is 4.04. The number of halogens is 3. The second kappa shape index (κ2) is 10.6. The number of carbonyl (C=O) groups excluding carboxylic acids is 1. The number of Topliss-reactive ketones (excluding diaryl/α,β-unsaturated/α-hetero) is 1. The molecule has 9 heteroatoms. The molecule has 0 spiro atoms. The number of rotatable bonds is 6. The van der Waals surface area contributed by atoms with Crippen LogP contribution >= 0.6 is 0 Å². The molecule has 1 aromatic rings. The molecule has 6 nitrogen and oxygen atoms in total. The van der Waals surface area contributed by atoms with Gasteiger partial charge in [0.25, 0.3) is 0 Å². The fourth-order valence-electron chi connectivity index (χ4n) is 2.69. The van der Waals surface area contributed by atoms with Crippen molar-refractivity contribution in [2.75, 3.05) is 19.6 Å². The lowest BCUT2D eigenvalue weighted by molar-refractivity contribution is -0.137. The van der Waals surface area contributed by atoms with Crippen LogP contribution in [0.1, 0.15) is 35.7 Å². The molecule has 0 amide bonds. The maximum absolute atomic E-state index is 12.5. The summed E-state index contributed by atoms with van der Waals surface area (Å²) in [5.41, 5.74) is -0.369. The Kier molecular flexibility index (Phi) is 8.84. The number of alkyl halides is 3. The lowest BCUT2D eigenvalue weighted by Gasteiger charge is -2.19. The van der Waals surface area contributed by atoms with Crippen LogP contribution in [0.15, 0.2) is 36.4 Å². The first-order chi connectivity index (χ1) is 13.0. The Morgan fingerprint density at radius 1 is 1.04 bits per heavy atom. The number of likely N-dealkylation sites (tertiary alicyclic amines) is 1. The molecule has 2 rings (SSSR count). The Hall–Kier alpha value is -2.68. The Labute approximate surface area is 160 Å². The molecule has 1 aliphatic heterocycles. The zero-order chi connectivity index (χ0) is 21.3. The molecule has 1 heterocycles. The number of carboxylic acids is 2. The summed E-state index contributed by atoms with van der Waals surface area (Å²) in [7, 11) is 0. The second-order valence-corrected chi connectivity index (χ2v) is 6.36. The fourth-order valence-corrected chi connectivity index (χ4v) is 2.69. The Bertz CT molecular complexity index is 691. The van der Waals surface area contributed by atoms with Gasteiger partial charge in [-0.25, -0.2) is 9.59 Å². The highest BCUT2D eigenvalue weighted by Crippen LogP contribution is 2.29. The minimum absolute atomic E-state index is 0.0920. The summed E-state index contributed by atoms with van der Waals surface area (Å²) < 4.78 is 37.4. The standard InChI is InChI=1S/C15H18F3NO.C4H4O4/c1-11(10-19-8-2-3-9-19)14(20)12-4-6-13(7-5-12)15(16,17)18;5-3(6)1-2-4(7)8/h4-7,11H,2-3,8-10H2,1H3;1-2H,(H,5,6)(H,7,8)/b;2-1+/t11-;/m1./s1. The maximum Gasteiger partial charge on any atom is 0.416 e. The third-order valence-corrected chi connectivity index (χ3v) is 4.04. The number of carboxylic acid groups (broad SMARTS) is 2. The first-order valence-electron chi connectivity index (χ1n) is 8.58. The minimum atomic E-state index is -4.36. The van der Waals surface area contributed by atoms with Crippen molar-refractivity contribution in [3.05, 3.63) is 47.5 Å². The van der Waals surface area contributed by atoms with Gasteiger partial charge in [-0.1, -0.05) is 19.1 Å². The van der Waals surface area contributed by atoms with E-state index < -0.39 is 23.7 Å². The number of aliphatic carboxylic acids is 2. The zero-order valence-electron chi connectivity index (χ0n) is 15.3. The highest BCUT2D eigenvalue weighted by molar-refractivity contribution is 5.97. The minimum Gasteiger partial charge on any atom is -0.478 e. The summed E-state index contributed by atoms with van der Waals surface area (Å²) in [6.07, 6.45) is -0.935. The van der Waals surface area contributed by atoms with Gasteiger partial charge in [-0.3, -0.25) is 4.79 Å². The molecule has 0 aromatic heterocycles. The maximum atomic E-state index is 12.5. The highest BCUT2D eigenvalue weighted by Gasteiger charge is 2.30. The lowest BCUT2D eigenvalue weighted by atomic mass is 9.98. The summed E-state index contributed by atoms with van der Waals surface area (Å²) in [5.74, 6) is -2.80. The molecule has 28 heavy (non-hydrogen) atoms. The predicted molar refractivity (Wildman–Crippen MR) is 95.0 cm³/mol. The zero-order valence-corrected chi connectivity index (χ0v) is 15.3. The van der Waals surface area contributed by atoms with Crippen molar-refractivity contribution in [2.45, 2.75) is 25.9 Å². The number of hydrogen-bond acceptors (Lipinski definition) is 4. The average Bonchev–Trinajstić information content (AvgIpc) is 3.12. The van der Waals surface area contributed by atoms with Gasteiger partial charge in [-0.05, 0) is 38.1 Å². The molecule has 2 N–H and O–H groups in total. The topological polar surface area (TPSA) is 94.9 Å². The molecular weight excluding hydrogens is 379 g/mol.